The second-order valence-corrected chi connectivity index (χ2v) is 5.07. The topological polar surface area (TPSA) is 48.3 Å². The molecular formula is C14H15F2N3O2. The zero-order valence-corrected chi connectivity index (χ0v) is 11.6. The Labute approximate surface area is 120 Å². The zero-order valence-electron chi connectivity index (χ0n) is 11.6. The third kappa shape index (κ3) is 2.76. The highest BCUT2D eigenvalue weighted by atomic mass is 19.3. The van der Waals surface area contributed by atoms with E-state index >= 15 is 0 Å². The van der Waals surface area contributed by atoms with Crippen molar-refractivity contribution in [2.75, 3.05) is 5.32 Å². The molecule has 0 fully saturated rings. The molecule has 0 saturated carbocycles. The van der Waals surface area contributed by atoms with Crippen LogP contribution in [0.4, 0.5) is 14.5 Å². The van der Waals surface area contributed by atoms with E-state index in [0.717, 1.165) is 5.69 Å². The van der Waals surface area contributed by atoms with Crippen molar-refractivity contribution in [3.63, 3.8) is 0 Å². The summed E-state index contributed by atoms with van der Waals surface area (Å²) >= 11 is 0. The number of nitrogens with one attached hydrogen (secondary N) is 1. The fraction of sp³-hybridized carbons (Fsp3) is 0.357. The van der Waals surface area contributed by atoms with Gasteiger partial charge in [-0.05, 0) is 26.0 Å². The maximum Gasteiger partial charge on any atom is 0.586 e. The Morgan fingerprint density at radius 2 is 2.05 bits per heavy atom. The summed E-state index contributed by atoms with van der Waals surface area (Å²) in [5, 5.41) is 3.16. The largest absolute Gasteiger partial charge is 0.586 e. The van der Waals surface area contributed by atoms with Crippen molar-refractivity contribution in [2.45, 2.75) is 32.7 Å². The molecule has 0 saturated heterocycles. The molecule has 0 atom stereocenters. The van der Waals surface area contributed by atoms with Gasteiger partial charge in [0.25, 0.3) is 0 Å². The van der Waals surface area contributed by atoms with E-state index < -0.39 is 6.29 Å². The lowest BCUT2D eigenvalue weighted by Gasteiger charge is -2.13. The lowest BCUT2D eigenvalue weighted by molar-refractivity contribution is -0.286. The van der Waals surface area contributed by atoms with Gasteiger partial charge in [-0.15, -0.1) is 8.78 Å². The Balaban J connectivity index is 1.71. The Morgan fingerprint density at radius 1 is 1.29 bits per heavy atom. The van der Waals surface area contributed by atoms with Gasteiger partial charge in [-0.2, -0.15) is 0 Å². The Morgan fingerprint density at radius 3 is 2.81 bits per heavy atom. The molecule has 2 aromatic rings. The first-order chi connectivity index (χ1) is 9.94. The molecule has 1 aromatic heterocycles. The van der Waals surface area contributed by atoms with Crippen molar-refractivity contribution >= 4 is 5.69 Å². The summed E-state index contributed by atoms with van der Waals surface area (Å²) in [7, 11) is 0. The van der Waals surface area contributed by atoms with Gasteiger partial charge in [0.1, 0.15) is 0 Å². The standard InChI is InChI=1S/C14H15F2N3O2/c1-9(2)19-8-17-6-11(19)7-18-10-3-4-12-13(5-10)21-14(15,16)20-12/h3-6,8-9,18H,7H2,1-2H3. The minimum absolute atomic E-state index is 0.0300. The summed E-state index contributed by atoms with van der Waals surface area (Å²) in [4.78, 5) is 4.11. The lowest BCUT2D eigenvalue weighted by Crippen LogP contribution is -2.25. The van der Waals surface area contributed by atoms with Gasteiger partial charge in [0, 0.05) is 24.0 Å². The van der Waals surface area contributed by atoms with Crippen LogP contribution < -0.4 is 14.8 Å². The number of hydrogen-bond donors (Lipinski definition) is 1. The summed E-state index contributed by atoms with van der Waals surface area (Å²) < 4.78 is 36.7. The van der Waals surface area contributed by atoms with Crippen molar-refractivity contribution in [1.82, 2.24) is 9.55 Å². The molecule has 0 aliphatic carbocycles. The van der Waals surface area contributed by atoms with Crippen LogP contribution in [0.3, 0.4) is 0 Å². The first kappa shape index (κ1) is 13.7. The number of nitrogens with zero attached hydrogens (tertiary/aromatic N) is 2. The first-order valence-electron chi connectivity index (χ1n) is 6.59. The molecule has 1 aliphatic rings. The normalized spacial score (nSPS) is 15.5. The number of imidazole rings is 1. The first-order valence-corrected chi connectivity index (χ1v) is 6.59. The number of ether oxygens (including phenoxy) is 2. The molecule has 1 aromatic carbocycles. The fourth-order valence-electron chi connectivity index (χ4n) is 2.19. The predicted octanol–water partition coefficient (Wildman–Crippen LogP) is 3.40. The van der Waals surface area contributed by atoms with Gasteiger partial charge in [0.15, 0.2) is 11.5 Å². The second kappa shape index (κ2) is 4.91. The number of alkyl halides is 2. The zero-order chi connectivity index (χ0) is 15.0. The van der Waals surface area contributed by atoms with Crippen LogP contribution in [0.5, 0.6) is 11.5 Å². The number of hydrogen-bond acceptors (Lipinski definition) is 4. The molecule has 21 heavy (non-hydrogen) atoms. The van der Waals surface area contributed by atoms with Crippen molar-refractivity contribution in [1.29, 1.82) is 0 Å². The molecule has 3 rings (SSSR count). The number of anilines is 1. The van der Waals surface area contributed by atoms with Crippen LogP contribution in [0.1, 0.15) is 25.6 Å². The van der Waals surface area contributed by atoms with Gasteiger partial charge in [0.05, 0.1) is 18.6 Å². The third-order valence-electron chi connectivity index (χ3n) is 3.18. The van der Waals surface area contributed by atoms with E-state index in [1.165, 1.54) is 12.1 Å². The summed E-state index contributed by atoms with van der Waals surface area (Å²) in [6.07, 6.45) is -0.0484. The second-order valence-electron chi connectivity index (χ2n) is 5.07. The summed E-state index contributed by atoms with van der Waals surface area (Å²) in [5.41, 5.74) is 1.68. The van der Waals surface area contributed by atoms with E-state index in [1.54, 1.807) is 18.6 Å². The van der Waals surface area contributed by atoms with E-state index in [9.17, 15) is 8.78 Å². The maximum atomic E-state index is 12.9. The van der Waals surface area contributed by atoms with Crippen LogP contribution in [0.15, 0.2) is 30.7 Å². The van der Waals surface area contributed by atoms with Gasteiger partial charge < -0.3 is 19.4 Å². The number of rotatable bonds is 4. The van der Waals surface area contributed by atoms with Crippen LogP contribution in [-0.2, 0) is 6.54 Å². The molecule has 1 N–H and O–H groups in total. The Bertz CT molecular complexity index is 655. The average Bonchev–Trinajstić information content (AvgIpc) is 2.97. The van der Waals surface area contributed by atoms with Gasteiger partial charge in [0.2, 0.25) is 0 Å². The molecule has 2 heterocycles. The molecular weight excluding hydrogens is 280 g/mol. The van der Waals surface area contributed by atoms with Crippen LogP contribution >= 0.6 is 0 Å². The van der Waals surface area contributed by atoms with E-state index in [1.807, 2.05) is 4.57 Å². The molecule has 1 aliphatic heterocycles. The van der Waals surface area contributed by atoms with Crippen molar-refractivity contribution in [2.24, 2.45) is 0 Å². The van der Waals surface area contributed by atoms with Crippen LogP contribution in [0.25, 0.3) is 0 Å². The molecule has 5 nitrogen and oxygen atoms in total. The average molecular weight is 295 g/mol. The SMILES string of the molecule is CC(C)n1cncc1CNc1ccc2c(c1)OC(F)(F)O2. The molecule has 0 radical (unpaired) electrons. The van der Waals surface area contributed by atoms with E-state index in [2.05, 4.69) is 33.6 Å². The quantitative estimate of drug-likeness (QED) is 0.939. The molecule has 0 spiro atoms. The fourth-order valence-corrected chi connectivity index (χ4v) is 2.19. The van der Waals surface area contributed by atoms with E-state index in [4.69, 9.17) is 0 Å². The third-order valence-corrected chi connectivity index (χ3v) is 3.18. The molecule has 0 unspecified atom stereocenters. The molecule has 112 valence electrons. The highest BCUT2D eigenvalue weighted by Gasteiger charge is 2.43. The van der Waals surface area contributed by atoms with Crippen LogP contribution in [0.2, 0.25) is 0 Å². The summed E-state index contributed by atoms with van der Waals surface area (Å²) in [5.74, 6) is 0.0696. The Kier molecular flexibility index (Phi) is 3.19. The highest BCUT2D eigenvalue weighted by molar-refractivity contribution is 5.56. The lowest BCUT2D eigenvalue weighted by atomic mass is 10.2. The van der Waals surface area contributed by atoms with Crippen molar-refractivity contribution in [3.05, 3.63) is 36.4 Å². The van der Waals surface area contributed by atoms with Crippen LogP contribution in [0, 0.1) is 0 Å². The number of benzene rings is 1. The van der Waals surface area contributed by atoms with E-state index in [-0.39, 0.29) is 11.5 Å². The van der Waals surface area contributed by atoms with Gasteiger partial charge in [-0.3, -0.25) is 0 Å². The molecule has 0 bridgehead atoms. The Hall–Kier alpha value is -2.31. The smallest absolute Gasteiger partial charge is 0.395 e. The number of fused-ring (bicyclic) bond motifs is 1. The monoisotopic (exact) mass is 295 g/mol. The van der Waals surface area contributed by atoms with E-state index in [0.29, 0.717) is 18.3 Å². The molecule has 0 amide bonds. The van der Waals surface area contributed by atoms with Gasteiger partial charge >= 0.3 is 6.29 Å². The summed E-state index contributed by atoms with van der Waals surface area (Å²) in [6, 6.07) is 4.92. The summed E-state index contributed by atoms with van der Waals surface area (Å²) in [6.45, 7) is 4.66. The van der Waals surface area contributed by atoms with Crippen molar-refractivity contribution in [3.8, 4) is 11.5 Å². The molecule has 7 heteroatoms. The number of aromatic nitrogens is 2. The van der Waals surface area contributed by atoms with Crippen LogP contribution in [-0.4, -0.2) is 15.8 Å². The number of halogens is 2. The minimum atomic E-state index is -3.59. The predicted molar refractivity (Wildman–Crippen MR) is 72.6 cm³/mol. The van der Waals surface area contributed by atoms with Gasteiger partial charge in [-0.25, -0.2) is 4.98 Å². The minimum Gasteiger partial charge on any atom is -0.395 e. The highest BCUT2D eigenvalue weighted by Crippen LogP contribution is 2.42. The van der Waals surface area contributed by atoms with Crippen molar-refractivity contribution < 1.29 is 18.3 Å². The van der Waals surface area contributed by atoms with Gasteiger partial charge in [-0.1, -0.05) is 0 Å². The maximum absolute atomic E-state index is 12.9.